The molecule has 0 saturated carbocycles. The number of methoxy groups -OCH3 is 6. The van der Waals surface area contributed by atoms with Crippen LogP contribution >= 0.6 is 21.6 Å². The van der Waals surface area contributed by atoms with Crippen LogP contribution in [0.5, 0.6) is 0 Å². The van der Waals surface area contributed by atoms with Gasteiger partial charge in [-0.05, 0) is 0 Å². The van der Waals surface area contributed by atoms with Crippen molar-refractivity contribution >= 4 is 42.1 Å². The zero-order chi connectivity index (χ0) is 17.2. The summed E-state index contributed by atoms with van der Waals surface area (Å²) in [6, 6.07) is 0. The Morgan fingerprint density at radius 1 is 0.682 bits per heavy atom. The Balaban J connectivity index is 4.51. The monoisotopic (exact) mass is 390 g/mol. The van der Waals surface area contributed by atoms with Crippen molar-refractivity contribution in [1.29, 1.82) is 0 Å². The molecule has 0 aromatic rings. The van der Waals surface area contributed by atoms with Gasteiger partial charge in [-0.15, -0.1) is 0 Å². The van der Waals surface area contributed by atoms with Crippen molar-refractivity contribution in [1.82, 2.24) is 0 Å². The SMILES string of the molecule is COC(CC([SiH3])(OC)OC)SSC(CC([SiH3])(OC)OC)OC. The van der Waals surface area contributed by atoms with E-state index in [0.717, 1.165) is 20.5 Å². The standard InChI is InChI=1S/C12H30O6S2Si2/c1-13-9(7-11(21,15-3)16-4)19-20-10(14-2)8-12(22,17-5)18-6/h9-10H,7-8H2,1-6,21-22H3. The van der Waals surface area contributed by atoms with Gasteiger partial charge < -0.3 is 28.4 Å². The molecule has 22 heavy (non-hydrogen) atoms. The van der Waals surface area contributed by atoms with Crippen LogP contribution in [-0.4, -0.2) is 84.8 Å². The van der Waals surface area contributed by atoms with E-state index in [4.69, 9.17) is 28.4 Å². The molecule has 0 N–H and O–H groups in total. The fourth-order valence-electron chi connectivity index (χ4n) is 1.54. The van der Waals surface area contributed by atoms with Crippen LogP contribution in [0.15, 0.2) is 0 Å². The van der Waals surface area contributed by atoms with E-state index in [1.165, 1.54) is 0 Å². The average Bonchev–Trinajstić information content (AvgIpc) is 2.56. The van der Waals surface area contributed by atoms with Gasteiger partial charge in [-0.3, -0.25) is 0 Å². The lowest BCUT2D eigenvalue weighted by Crippen LogP contribution is -2.38. The van der Waals surface area contributed by atoms with Crippen LogP contribution in [0.4, 0.5) is 0 Å². The summed E-state index contributed by atoms with van der Waals surface area (Å²) in [7, 11) is 14.7. The molecule has 0 rings (SSSR count). The molecule has 0 fully saturated rings. The molecule has 6 nitrogen and oxygen atoms in total. The third-order valence-electron chi connectivity index (χ3n) is 3.60. The summed E-state index contributed by atoms with van der Waals surface area (Å²) in [5.41, 5.74) is -1.16. The fourth-order valence-corrected chi connectivity index (χ4v) is 5.65. The van der Waals surface area contributed by atoms with Crippen molar-refractivity contribution in [2.45, 2.75) is 34.5 Å². The summed E-state index contributed by atoms with van der Waals surface area (Å²) in [6.45, 7) is 0. The van der Waals surface area contributed by atoms with Gasteiger partial charge in [-0.2, -0.15) is 0 Å². The van der Waals surface area contributed by atoms with Crippen molar-refractivity contribution in [3.8, 4) is 0 Å². The Morgan fingerprint density at radius 3 is 1.14 bits per heavy atom. The molecular formula is C12H30O6S2Si2. The minimum absolute atomic E-state index is 0.0476. The van der Waals surface area contributed by atoms with Gasteiger partial charge in [0.25, 0.3) is 0 Å². The summed E-state index contributed by atoms with van der Waals surface area (Å²) < 4.78 is 32.8. The molecule has 0 radical (unpaired) electrons. The number of rotatable bonds is 13. The van der Waals surface area contributed by atoms with Crippen molar-refractivity contribution in [3.05, 3.63) is 0 Å². The van der Waals surface area contributed by atoms with Crippen LogP contribution in [0.3, 0.4) is 0 Å². The van der Waals surface area contributed by atoms with E-state index in [1.807, 2.05) is 0 Å². The molecule has 134 valence electrons. The lowest BCUT2D eigenvalue weighted by atomic mass is 10.4. The Morgan fingerprint density at radius 2 is 0.955 bits per heavy atom. The normalized spacial score (nSPS) is 16.1. The lowest BCUT2D eigenvalue weighted by molar-refractivity contribution is -0.155. The van der Waals surface area contributed by atoms with Gasteiger partial charge in [0.05, 0.1) is 20.5 Å². The maximum atomic E-state index is 5.52. The molecule has 0 spiro atoms. The van der Waals surface area contributed by atoms with Crippen molar-refractivity contribution in [2.75, 3.05) is 42.7 Å². The molecule has 0 aliphatic carbocycles. The smallest absolute Gasteiger partial charge is 0.144 e. The second-order valence-electron chi connectivity index (χ2n) is 5.02. The first-order valence-electron chi connectivity index (χ1n) is 6.90. The predicted molar refractivity (Wildman–Crippen MR) is 99.4 cm³/mol. The molecule has 10 heteroatoms. The number of hydrogen-bond acceptors (Lipinski definition) is 8. The Hall–Kier alpha value is 0.894. The molecule has 2 unspecified atom stereocenters. The first-order chi connectivity index (χ1) is 10.3. The predicted octanol–water partition coefficient (Wildman–Crippen LogP) is -0.283. The quantitative estimate of drug-likeness (QED) is 0.242. The van der Waals surface area contributed by atoms with Crippen LogP contribution in [0.25, 0.3) is 0 Å². The van der Waals surface area contributed by atoms with E-state index in [9.17, 15) is 0 Å². The molecule has 0 aliphatic heterocycles. The largest absolute Gasteiger partial charge is 0.370 e. The zero-order valence-electron chi connectivity index (χ0n) is 14.8. The maximum absolute atomic E-state index is 5.52. The third kappa shape index (κ3) is 8.13. The summed E-state index contributed by atoms with van der Waals surface area (Å²) >= 11 is 0. The second-order valence-corrected chi connectivity index (χ2v) is 10.7. The molecule has 0 saturated heterocycles. The van der Waals surface area contributed by atoms with Crippen molar-refractivity contribution in [2.24, 2.45) is 0 Å². The van der Waals surface area contributed by atoms with E-state index in [2.05, 4.69) is 0 Å². The fraction of sp³-hybridized carbons (Fsp3) is 1.00. The van der Waals surface area contributed by atoms with Gasteiger partial charge in [0.2, 0.25) is 0 Å². The Bertz CT molecular complexity index is 265. The van der Waals surface area contributed by atoms with E-state index in [-0.39, 0.29) is 10.9 Å². The van der Waals surface area contributed by atoms with Crippen LogP contribution in [0, 0.1) is 0 Å². The zero-order valence-corrected chi connectivity index (χ0v) is 20.5. The van der Waals surface area contributed by atoms with Gasteiger partial charge in [-0.1, -0.05) is 21.6 Å². The van der Waals surface area contributed by atoms with Crippen LogP contribution in [0.2, 0.25) is 0 Å². The van der Waals surface area contributed by atoms with E-state index >= 15 is 0 Å². The lowest BCUT2D eigenvalue weighted by Gasteiger charge is -2.32. The van der Waals surface area contributed by atoms with E-state index in [1.54, 1.807) is 64.2 Å². The van der Waals surface area contributed by atoms with Crippen LogP contribution in [0.1, 0.15) is 12.8 Å². The molecule has 0 aromatic heterocycles. The summed E-state index contributed by atoms with van der Waals surface area (Å²) in [6.07, 6.45) is 1.33. The molecule has 0 amide bonds. The third-order valence-corrected chi connectivity index (χ3v) is 8.93. The highest BCUT2D eigenvalue weighted by Crippen LogP contribution is 2.38. The molecule has 0 aliphatic rings. The second kappa shape index (κ2) is 11.4. The summed E-state index contributed by atoms with van der Waals surface area (Å²) in [5, 5.41) is 0. The molecule has 0 heterocycles. The van der Waals surface area contributed by atoms with Crippen molar-refractivity contribution < 1.29 is 28.4 Å². The molecule has 2 atom stereocenters. The summed E-state index contributed by atoms with van der Waals surface area (Å²) in [4.78, 5) is 0. The van der Waals surface area contributed by atoms with E-state index < -0.39 is 10.8 Å². The van der Waals surface area contributed by atoms with Gasteiger partial charge in [-0.25, -0.2) is 0 Å². The van der Waals surface area contributed by atoms with E-state index in [0.29, 0.717) is 12.8 Å². The van der Waals surface area contributed by atoms with Gasteiger partial charge >= 0.3 is 0 Å². The van der Waals surface area contributed by atoms with Gasteiger partial charge in [0.1, 0.15) is 21.7 Å². The minimum Gasteiger partial charge on any atom is -0.370 e. The molecule has 0 bridgehead atoms. The van der Waals surface area contributed by atoms with Crippen LogP contribution in [-0.2, 0) is 28.4 Å². The van der Waals surface area contributed by atoms with Gasteiger partial charge in [0, 0.05) is 55.5 Å². The highest BCUT2D eigenvalue weighted by atomic mass is 33.1. The highest BCUT2D eigenvalue weighted by molar-refractivity contribution is 8.77. The molecular weight excluding hydrogens is 360 g/mol. The number of hydrogen-bond donors (Lipinski definition) is 0. The van der Waals surface area contributed by atoms with Crippen molar-refractivity contribution in [3.63, 3.8) is 0 Å². The Kier molecular flexibility index (Phi) is 11.9. The van der Waals surface area contributed by atoms with Gasteiger partial charge in [0.15, 0.2) is 0 Å². The minimum atomic E-state index is -0.530. The first-order valence-corrected chi connectivity index (χ1v) is 11.2. The molecule has 0 aromatic carbocycles. The van der Waals surface area contributed by atoms with Crippen LogP contribution < -0.4 is 0 Å². The maximum Gasteiger partial charge on any atom is 0.144 e. The summed E-state index contributed by atoms with van der Waals surface area (Å²) in [5.74, 6) is 0. The average molecular weight is 391 g/mol. The number of ether oxygens (including phenoxy) is 6. The first kappa shape index (κ1) is 22.9. The topological polar surface area (TPSA) is 55.4 Å². The highest BCUT2D eigenvalue weighted by Gasteiger charge is 2.31. The Labute approximate surface area is 147 Å².